The molecular formula is C20H22N2O7S. The van der Waals surface area contributed by atoms with Gasteiger partial charge in [0.15, 0.2) is 0 Å². The first-order valence-corrected chi connectivity index (χ1v) is 11.0. The lowest BCUT2D eigenvalue weighted by molar-refractivity contribution is 0.00184. The number of benzene rings is 2. The highest BCUT2D eigenvalue weighted by atomic mass is 32.2. The first-order chi connectivity index (χ1) is 14.3. The molecule has 30 heavy (non-hydrogen) atoms. The molecule has 0 saturated carbocycles. The van der Waals surface area contributed by atoms with Crippen molar-refractivity contribution in [1.82, 2.24) is 10.0 Å². The van der Waals surface area contributed by atoms with Crippen LogP contribution in [-0.2, 0) is 37.0 Å². The molecule has 9 nitrogen and oxygen atoms in total. The average molecular weight is 434 g/mol. The molecule has 1 aliphatic rings. The molecule has 0 aromatic heterocycles. The fraction of sp³-hybridized carbons (Fsp3) is 0.300. The summed E-state index contributed by atoms with van der Waals surface area (Å²) in [6.45, 7) is -0.330. The minimum absolute atomic E-state index is 0.000671. The molecule has 2 aromatic rings. The SMILES string of the molecule is CS(=O)(=O)OC1CN(C(=O)OCc2ccccc2)N(C(=O)OCc2ccccc2)C1. The van der Waals surface area contributed by atoms with Gasteiger partial charge in [0.1, 0.15) is 19.3 Å². The standard InChI is InChI=1S/C20H22N2O7S/c1-30(25,26)29-18-12-21(19(23)27-14-16-8-4-2-5-9-16)22(13-18)20(24)28-15-17-10-6-3-7-11-17/h2-11,18H,12-15H2,1H3. The molecule has 1 aliphatic heterocycles. The Morgan fingerprint density at radius 1 is 0.833 bits per heavy atom. The van der Waals surface area contributed by atoms with Crippen molar-refractivity contribution in [2.24, 2.45) is 0 Å². The maximum absolute atomic E-state index is 12.6. The summed E-state index contributed by atoms with van der Waals surface area (Å²) in [5, 5.41) is 1.98. The maximum atomic E-state index is 12.6. The van der Waals surface area contributed by atoms with Gasteiger partial charge >= 0.3 is 12.2 Å². The van der Waals surface area contributed by atoms with E-state index in [1.165, 1.54) is 0 Å². The van der Waals surface area contributed by atoms with Gasteiger partial charge in [0.25, 0.3) is 10.1 Å². The Bertz CT molecular complexity index is 904. The molecule has 0 N–H and O–H groups in total. The lowest BCUT2D eigenvalue weighted by atomic mass is 10.2. The summed E-state index contributed by atoms with van der Waals surface area (Å²) in [4.78, 5) is 25.1. The van der Waals surface area contributed by atoms with Crippen molar-refractivity contribution >= 4 is 22.3 Å². The van der Waals surface area contributed by atoms with Crippen molar-refractivity contribution in [1.29, 1.82) is 0 Å². The van der Waals surface area contributed by atoms with Crippen LogP contribution in [0.25, 0.3) is 0 Å². The van der Waals surface area contributed by atoms with E-state index in [9.17, 15) is 18.0 Å². The number of ether oxygens (including phenoxy) is 2. The second-order valence-electron chi connectivity index (χ2n) is 6.67. The monoisotopic (exact) mass is 434 g/mol. The third kappa shape index (κ3) is 6.19. The smallest absolute Gasteiger partial charge is 0.429 e. The topological polar surface area (TPSA) is 102 Å². The largest absolute Gasteiger partial charge is 0.443 e. The third-order valence-corrected chi connectivity index (χ3v) is 4.81. The molecule has 160 valence electrons. The quantitative estimate of drug-likeness (QED) is 0.644. The molecule has 0 radical (unpaired) electrons. The van der Waals surface area contributed by atoms with Gasteiger partial charge in [-0.2, -0.15) is 8.42 Å². The zero-order valence-corrected chi connectivity index (χ0v) is 17.2. The summed E-state index contributed by atoms with van der Waals surface area (Å²) >= 11 is 0. The number of hydrazine groups is 1. The van der Waals surface area contributed by atoms with Gasteiger partial charge in [0, 0.05) is 0 Å². The van der Waals surface area contributed by atoms with E-state index in [0.29, 0.717) is 0 Å². The minimum Gasteiger partial charge on any atom is -0.443 e. The highest BCUT2D eigenvalue weighted by Crippen LogP contribution is 2.19. The van der Waals surface area contributed by atoms with Crippen LogP contribution in [0.15, 0.2) is 60.7 Å². The van der Waals surface area contributed by atoms with Crippen LogP contribution in [0, 0.1) is 0 Å². The summed E-state index contributed by atoms with van der Waals surface area (Å²) in [6, 6.07) is 18.1. The minimum atomic E-state index is -3.77. The van der Waals surface area contributed by atoms with Gasteiger partial charge in [-0.05, 0) is 11.1 Å². The number of rotatable bonds is 6. The molecule has 2 aromatic carbocycles. The molecule has 0 spiro atoms. The first kappa shape index (κ1) is 21.6. The van der Waals surface area contributed by atoms with Crippen LogP contribution in [0.4, 0.5) is 9.59 Å². The maximum Gasteiger partial charge on any atom is 0.429 e. The zero-order valence-electron chi connectivity index (χ0n) is 16.3. The Balaban J connectivity index is 1.66. The molecule has 1 saturated heterocycles. The van der Waals surface area contributed by atoms with Crippen molar-refractivity contribution in [3.63, 3.8) is 0 Å². The number of hydrogen-bond acceptors (Lipinski definition) is 7. The average Bonchev–Trinajstić information content (AvgIpc) is 3.14. The van der Waals surface area contributed by atoms with Gasteiger partial charge in [-0.25, -0.2) is 19.6 Å². The summed E-state index contributed by atoms with van der Waals surface area (Å²) < 4.78 is 38.4. The van der Waals surface area contributed by atoms with E-state index in [4.69, 9.17) is 13.7 Å². The Hall–Kier alpha value is -3.11. The fourth-order valence-electron chi connectivity index (χ4n) is 2.88. The van der Waals surface area contributed by atoms with Crippen LogP contribution in [0.1, 0.15) is 11.1 Å². The number of hydrogen-bond donors (Lipinski definition) is 0. The number of carbonyl (C=O) groups excluding carboxylic acids is 2. The second kappa shape index (κ2) is 9.59. The first-order valence-electron chi connectivity index (χ1n) is 9.16. The molecule has 0 aliphatic carbocycles. The van der Waals surface area contributed by atoms with E-state index >= 15 is 0 Å². The molecule has 10 heteroatoms. The van der Waals surface area contributed by atoms with E-state index in [2.05, 4.69) is 0 Å². The van der Waals surface area contributed by atoms with Crippen LogP contribution in [0.5, 0.6) is 0 Å². The van der Waals surface area contributed by atoms with Crippen LogP contribution in [0.3, 0.4) is 0 Å². The molecule has 0 bridgehead atoms. The van der Waals surface area contributed by atoms with E-state index in [1.54, 1.807) is 24.3 Å². The lowest BCUT2D eigenvalue weighted by Crippen LogP contribution is -2.45. The Morgan fingerprint density at radius 3 is 1.60 bits per heavy atom. The van der Waals surface area contributed by atoms with Gasteiger partial charge in [-0.3, -0.25) is 4.18 Å². The van der Waals surface area contributed by atoms with Gasteiger partial charge in [-0.15, -0.1) is 0 Å². The molecule has 0 atom stereocenters. The van der Waals surface area contributed by atoms with Crippen molar-refractivity contribution in [2.45, 2.75) is 19.3 Å². The molecule has 2 amide bonds. The molecule has 0 unspecified atom stereocenters. The van der Waals surface area contributed by atoms with Crippen molar-refractivity contribution < 1.29 is 31.7 Å². The van der Waals surface area contributed by atoms with E-state index in [1.807, 2.05) is 36.4 Å². The highest BCUT2D eigenvalue weighted by Gasteiger charge is 2.40. The molecule has 1 fully saturated rings. The normalized spacial score (nSPS) is 14.6. The van der Waals surface area contributed by atoms with Crippen LogP contribution in [0.2, 0.25) is 0 Å². The summed E-state index contributed by atoms with van der Waals surface area (Å²) in [5.74, 6) is 0. The van der Waals surface area contributed by atoms with Crippen LogP contribution < -0.4 is 0 Å². The number of amides is 2. The van der Waals surface area contributed by atoms with E-state index < -0.39 is 28.4 Å². The van der Waals surface area contributed by atoms with Crippen LogP contribution >= 0.6 is 0 Å². The Kier molecular flexibility index (Phi) is 6.91. The van der Waals surface area contributed by atoms with E-state index in [-0.39, 0.29) is 26.3 Å². The Morgan fingerprint density at radius 2 is 1.23 bits per heavy atom. The Labute approximate surface area is 174 Å². The van der Waals surface area contributed by atoms with Crippen molar-refractivity contribution in [3.8, 4) is 0 Å². The zero-order chi connectivity index (χ0) is 21.6. The number of nitrogens with zero attached hydrogens (tertiary/aromatic N) is 2. The summed E-state index contributed by atoms with van der Waals surface area (Å²) in [7, 11) is -3.77. The fourth-order valence-corrected chi connectivity index (χ4v) is 3.50. The third-order valence-electron chi connectivity index (χ3n) is 4.19. The van der Waals surface area contributed by atoms with E-state index in [0.717, 1.165) is 27.4 Å². The predicted octanol–water partition coefficient (Wildman–Crippen LogP) is 2.54. The van der Waals surface area contributed by atoms with Gasteiger partial charge in [0.2, 0.25) is 0 Å². The molecule has 1 heterocycles. The van der Waals surface area contributed by atoms with Crippen molar-refractivity contribution in [3.05, 3.63) is 71.8 Å². The van der Waals surface area contributed by atoms with Crippen LogP contribution in [-0.4, -0.2) is 56.1 Å². The lowest BCUT2D eigenvalue weighted by Gasteiger charge is -2.25. The van der Waals surface area contributed by atoms with Gasteiger partial charge in [-0.1, -0.05) is 60.7 Å². The highest BCUT2D eigenvalue weighted by molar-refractivity contribution is 7.86. The van der Waals surface area contributed by atoms with Gasteiger partial charge in [0.05, 0.1) is 19.3 Å². The van der Waals surface area contributed by atoms with Crippen molar-refractivity contribution in [2.75, 3.05) is 19.3 Å². The van der Waals surface area contributed by atoms with Gasteiger partial charge < -0.3 is 9.47 Å². The molecular weight excluding hydrogens is 412 g/mol. The summed E-state index contributed by atoms with van der Waals surface area (Å²) in [6.07, 6.45) is -1.64. The summed E-state index contributed by atoms with van der Waals surface area (Å²) in [5.41, 5.74) is 1.54. The number of carbonyl (C=O) groups is 2. The second-order valence-corrected chi connectivity index (χ2v) is 8.27. The predicted molar refractivity (Wildman–Crippen MR) is 106 cm³/mol. The molecule has 3 rings (SSSR count).